The van der Waals surface area contributed by atoms with Crippen molar-refractivity contribution in [1.29, 1.82) is 0 Å². The lowest BCUT2D eigenvalue weighted by Crippen LogP contribution is -2.38. The third kappa shape index (κ3) is 3.09. The summed E-state index contributed by atoms with van der Waals surface area (Å²) in [5.41, 5.74) is 1.09. The fraction of sp³-hybridized carbons (Fsp3) is 0.118. The van der Waals surface area contributed by atoms with Crippen LogP contribution in [-0.4, -0.2) is 29.1 Å². The van der Waals surface area contributed by atoms with E-state index >= 15 is 0 Å². The highest BCUT2D eigenvalue weighted by molar-refractivity contribution is 6.31. The number of hydrogen-bond donors (Lipinski definition) is 2. The van der Waals surface area contributed by atoms with Crippen molar-refractivity contribution in [3.8, 4) is 0 Å². The van der Waals surface area contributed by atoms with Gasteiger partial charge in [0.05, 0.1) is 16.8 Å². The maximum atomic E-state index is 12.4. The first-order valence-electron chi connectivity index (χ1n) is 7.08. The molecule has 1 amide bonds. The van der Waals surface area contributed by atoms with Crippen molar-refractivity contribution < 1.29 is 24.2 Å². The van der Waals surface area contributed by atoms with Crippen LogP contribution in [0.3, 0.4) is 0 Å². The average Bonchev–Trinajstić information content (AvgIpc) is 2.55. The molecule has 0 fully saturated rings. The number of amides is 1. The number of nitrogens with one attached hydrogen (secondary N) is 1. The second-order valence-corrected chi connectivity index (χ2v) is 5.68. The zero-order chi connectivity index (χ0) is 17.3. The number of rotatable bonds is 3. The van der Waals surface area contributed by atoms with E-state index in [0.29, 0.717) is 16.1 Å². The molecule has 0 radical (unpaired) electrons. The molecule has 1 aliphatic rings. The Morgan fingerprint density at radius 3 is 2.71 bits per heavy atom. The molecule has 0 saturated carbocycles. The molecule has 1 heterocycles. The predicted octanol–water partition coefficient (Wildman–Crippen LogP) is 2.76. The summed E-state index contributed by atoms with van der Waals surface area (Å²) in [6, 6.07) is 10.8. The topological polar surface area (TPSA) is 92.7 Å². The van der Waals surface area contributed by atoms with E-state index in [9.17, 15) is 14.4 Å². The summed E-state index contributed by atoms with van der Waals surface area (Å²) in [6.45, 7) is 0. The van der Waals surface area contributed by atoms with Crippen LogP contribution in [0.2, 0.25) is 5.02 Å². The Labute approximate surface area is 142 Å². The number of cyclic esters (lactones) is 1. The number of fused-ring (bicyclic) bond motifs is 1. The van der Waals surface area contributed by atoms with Gasteiger partial charge in [0.15, 0.2) is 6.10 Å². The highest BCUT2D eigenvalue weighted by Gasteiger charge is 2.32. The molecule has 0 aromatic heterocycles. The van der Waals surface area contributed by atoms with Crippen molar-refractivity contribution in [2.75, 3.05) is 5.32 Å². The number of ether oxygens (including phenoxy) is 1. The number of esters is 1. The summed E-state index contributed by atoms with van der Waals surface area (Å²) >= 11 is 5.85. The normalized spacial score (nSPS) is 16.0. The number of anilines is 1. The fourth-order valence-corrected chi connectivity index (χ4v) is 2.66. The van der Waals surface area contributed by atoms with Gasteiger partial charge in [0, 0.05) is 11.4 Å². The summed E-state index contributed by atoms with van der Waals surface area (Å²) < 4.78 is 5.15. The third-order valence-corrected chi connectivity index (χ3v) is 3.89. The molecule has 2 aromatic rings. The molecule has 3 rings (SSSR count). The number of benzene rings is 2. The molecule has 0 bridgehead atoms. The molecule has 0 unspecified atom stereocenters. The number of halogens is 1. The van der Waals surface area contributed by atoms with E-state index in [-0.39, 0.29) is 17.7 Å². The molecule has 2 aromatic carbocycles. The number of aromatic carboxylic acids is 1. The number of carboxylic acids is 1. The van der Waals surface area contributed by atoms with Crippen LogP contribution in [0.15, 0.2) is 42.5 Å². The van der Waals surface area contributed by atoms with Crippen LogP contribution in [0.5, 0.6) is 0 Å². The van der Waals surface area contributed by atoms with Gasteiger partial charge < -0.3 is 15.2 Å². The lowest BCUT2D eigenvalue weighted by molar-refractivity contribution is -0.125. The van der Waals surface area contributed by atoms with Crippen LogP contribution < -0.4 is 5.32 Å². The molecular weight excluding hydrogens is 334 g/mol. The Kier molecular flexibility index (Phi) is 4.22. The second-order valence-electron chi connectivity index (χ2n) is 5.24. The van der Waals surface area contributed by atoms with Crippen LogP contribution >= 0.6 is 11.6 Å². The molecule has 0 spiro atoms. The lowest BCUT2D eigenvalue weighted by atomic mass is 9.98. The van der Waals surface area contributed by atoms with E-state index in [2.05, 4.69) is 5.32 Å². The van der Waals surface area contributed by atoms with Crippen LogP contribution in [-0.2, 0) is 16.0 Å². The molecule has 6 nitrogen and oxygen atoms in total. The van der Waals surface area contributed by atoms with Crippen LogP contribution in [0.25, 0.3) is 0 Å². The molecule has 7 heteroatoms. The smallest absolute Gasteiger partial charge is 0.339 e. The van der Waals surface area contributed by atoms with Crippen LogP contribution in [0.4, 0.5) is 5.69 Å². The Balaban J connectivity index is 1.81. The SMILES string of the molecule is O=C1O[C@@H](C(=O)Nc2ccccc2C(=O)O)Cc2ccc(Cl)cc21. The summed E-state index contributed by atoms with van der Waals surface area (Å²) in [4.78, 5) is 35.6. The van der Waals surface area contributed by atoms with Gasteiger partial charge in [0.2, 0.25) is 0 Å². The minimum Gasteiger partial charge on any atom is -0.478 e. The van der Waals surface area contributed by atoms with Gasteiger partial charge >= 0.3 is 11.9 Å². The van der Waals surface area contributed by atoms with E-state index in [1.807, 2.05) is 0 Å². The monoisotopic (exact) mass is 345 g/mol. The third-order valence-electron chi connectivity index (χ3n) is 3.65. The van der Waals surface area contributed by atoms with Crippen molar-refractivity contribution in [2.45, 2.75) is 12.5 Å². The average molecular weight is 346 g/mol. The Morgan fingerprint density at radius 2 is 1.96 bits per heavy atom. The maximum Gasteiger partial charge on any atom is 0.339 e. The largest absolute Gasteiger partial charge is 0.478 e. The van der Waals surface area contributed by atoms with Gasteiger partial charge in [0.25, 0.3) is 5.91 Å². The van der Waals surface area contributed by atoms with Crippen LogP contribution in [0, 0.1) is 0 Å². The van der Waals surface area contributed by atoms with Crippen LogP contribution in [0.1, 0.15) is 26.3 Å². The van der Waals surface area contributed by atoms with Crippen molar-refractivity contribution in [1.82, 2.24) is 0 Å². The van der Waals surface area contributed by atoms with E-state index in [1.54, 1.807) is 24.3 Å². The molecule has 1 atom stereocenters. The van der Waals surface area contributed by atoms with E-state index in [4.69, 9.17) is 21.4 Å². The minimum absolute atomic E-state index is 0.0415. The molecule has 0 saturated heterocycles. The lowest BCUT2D eigenvalue weighted by Gasteiger charge is -2.24. The number of carbonyl (C=O) groups is 3. The molecule has 1 aliphatic heterocycles. The number of para-hydroxylation sites is 1. The van der Waals surface area contributed by atoms with E-state index < -0.39 is 23.9 Å². The highest BCUT2D eigenvalue weighted by Crippen LogP contribution is 2.25. The van der Waals surface area contributed by atoms with Gasteiger partial charge in [0.1, 0.15) is 0 Å². The first-order valence-corrected chi connectivity index (χ1v) is 7.46. The summed E-state index contributed by atoms with van der Waals surface area (Å²) in [5, 5.41) is 12.0. The van der Waals surface area contributed by atoms with Crippen molar-refractivity contribution >= 4 is 35.1 Å². The fourth-order valence-electron chi connectivity index (χ4n) is 2.49. The first-order chi connectivity index (χ1) is 11.5. The maximum absolute atomic E-state index is 12.4. The van der Waals surface area contributed by atoms with Gasteiger partial charge in [-0.25, -0.2) is 9.59 Å². The highest BCUT2D eigenvalue weighted by atomic mass is 35.5. The Morgan fingerprint density at radius 1 is 1.21 bits per heavy atom. The number of hydrogen-bond acceptors (Lipinski definition) is 4. The zero-order valence-electron chi connectivity index (χ0n) is 12.3. The van der Waals surface area contributed by atoms with E-state index in [1.165, 1.54) is 18.2 Å². The van der Waals surface area contributed by atoms with Crippen molar-refractivity contribution in [3.05, 3.63) is 64.2 Å². The zero-order valence-corrected chi connectivity index (χ0v) is 13.0. The molecule has 24 heavy (non-hydrogen) atoms. The van der Waals surface area contributed by atoms with Gasteiger partial charge in [-0.05, 0) is 29.8 Å². The molecule has 0 aliphatic carbocycles. The van der Waals surface area contributed by atoms with Gasteiger partial charge in [-0.3, -0.25) is 4.79 Å². The number of carbonyl (C=O) groups excluding carboxylic acids is 2. The van der Waals surface area contributed by atoms with E-state index in [0.717, 1.165) is 0 Å². The predicted molar refractivity (Wildman–Crippen MR) is 86.4 cm³/mol. The summed E-state index contributed by atoms with van der Waals surface area (Å²) in [6.07, 6.45) is -0.840. The second kappa shape index (κ2) is 6.33. The summed E-state index contributed by atoms with van der Waals surface area (Å²) in [5.74, 6) is -2.38. The Bertz CT molecular complexity index is 849. The van der Waals surface area contributed by atoms with Crippen molar-refractivity contribution in [2.24, 2.45) is 0 Å². The quantitative estimate of drug-likeness (QED) is 0.834. The van der Waals surface area contributed by atoms with Gasteiger partial charge in [-0.2, -0.15) is 0 Å². The molecule has 2 N–H and O–H groups in total. The Hall–Kier alpha value is -2.86. The molecular formula is C17H12ClNO5. The summed E-state index contributed by atoms with van der Waals surface area (Å²) in [7, 11) is 0. The van der Waals surface area contributed by atoms with Gasteiger partial charge in [-0.15, -0.1) is 0 Å². The first kappa shape index (κ1) is 16.0. The molecule has 122 valence electrons. The number of carboxylic acid groups (broad SMARTS) is 1. The van der Waals surface area contributed by atoms with Crippen molar-refractivity contribution in [3.63, 3.8) is 0 Å². The standard InChI is InChI=1S/C17H12ClNO5/c18-10-6-5-9-7-14(24-17(23)12(9)8-10)15(20)19-13-4-2-1-3-11(13)16(21)22/h1-6,8,14H,7H2,(H,19,20)(H,21,22)/t14-/m1/s1. The minimum atomic E-state index is -1.16. The van der Waals surface area contributed by atoms with Gasteiger partial charge in [-0.1, -0.05) is 29.8 Å².